The van der Waals surface area contributed by atoms with Crippen molar-refractivity contribution in [2.45, 2.75) is 19.3 Å². The third kappa shape index (κ3) is 4.05. The molecule has 0 fully saturated rings. The Balaban J connectivity index is 1.82. The fourth-order valence-electron chi connectivity index (χ4n) is 2.08. The molecule has 3 nitrogen and oxygen atoms in total. The normalized spacial score (nSPS) is 10.3. The summed E-state index contributed by atoms with van der Waals surface area (Å²) in [5.74, 6) is 0.160. The van der Waals surface area contributed by atoms with Crippen LogP contribution in [0.15, 0.2) is 54.6 Å². The van der Waals surface area contributed by atoms with Gasteiger partial charge in [0.15, 0.2) is 5.78 Å². The quantitative estimate of drug-likeness (QED) is 0.617. The fourth-order valence-corrected chi connectivity index (χ4v) is 2.08. The number of rotatable bonds is 6. The molecule has 2 aromatic carbocycles. The average molecular weight is 268 g/mol. The molecule has 0 aliphatic heterocycles. The second kappa shape index (κ2) is 7.03. The summed E-state index contributed by atoms with van der Waals surface area (Å²) in [4.78, 5) is 11.9. The molecule has 2 aromatic rings. The van der Waals surface area contributed by atoms with Gasteiger partial charge in [0.05, 0.1) is 0 Å². The molecule has 0 bridgehead atoms. The summed E-state index contributed by atoms with van der Waals surface area (Å²) < 4.78 is 0. The van der Waals surface area contributed by atoms with Crippen LogP contribution in [0, 0.1) is 0 Å². The molecule has 4 heteroatoms. The van der Waals surface area contributed by atoms with Crippen molar-refractivity contribution in [1.29, 1.82) is 0 Å². The lowest BCUT2D eigenvalue weighted by Gasteiger charge is -2.04. The second-order valence-electron chi connectivity index (χ2n) is 4.76. The van der Waals surface area contributed by atoms with Gasteiger partial charge in [-0.15, -0.1) is 0 Å². The maximum absolute atomic E-state index is 11.9. The van der Waals surface area contributed by atoms with Gasteiger partial charge in [0.25, 0.3) is 0 Å². The predicted octanol–water partition coefficient (Wildman–Crippen LogP) is 1.57. The van der Waals surface area contributed by atoms with E-state index in [1.807, 2.05) is 42.5 Å². The summed E-state index contributed by atoms with van der Waals surface area (Å²) in [7, 11) is -1.43. The zero-order valence-electron chi connectivity index (χ0n) is 11.2. The molecule has 0 heterocycles. The Bertz CT molecular complexity index is 550. The largest absolute Gasteiger partial charge is 0.488 e. The monoisotopic (exact) mass is 268 g/mol. The van der Waals surface area contributed by atoms with E-state index < -0.39 is 7.12 Å². The third-order valence-corrected chi connectivity index (χ3v) is 3.24. The molecule has 0 aromatic heterocycles. The third-order valence-electron chi connectivity index (χ3n) is 3.24. The van der Waals surface area contributed by atoms with E-state index in [9.17, 15) is 4.79 Å². The minimum Gasteiger partial charge on any atom is -0.423 e. The van der Waals surface area contributed by atoms with E-state index in [1.54, 1.807) is 12.1 Å². The lowest BCUT2D eigenvalue weighted by molar-refractivity contribution is 0.0980. The van der Waals surface area contributed by atoms with Gasteiger partial charge in [0.2, 0.25) is 0 Å². The van der Waals surface area contributed by atoms with Gasteiger partial charge in [-0.3, -0.25) is 4.79 Å². The van der Waals surface area contributed by atoms with E-state index in [1.165, 1.54) is 0 Å². The van der Waals surface area contributed by atoms with Gasteiger partial charge in [-0.25, -0.2) is 0 Å². The molecule has 0 radical (unpaired) electrons. The van der Waals surface area contributed by atoms with Crippen LogP contribution >= 0.6 is 0 Å². The van der Waals surface area contributed by atoms with Gasteiger partial charge < -0.3 is 10.0 Å². The maximum Gasteiger partial charge on any atom is 0.488 e. The number of hydrogen-bond acceptors (Lipinski definition) is 3. The predicted molar refractivity (Wildman–Crippen MR) is 80.0 cm³/mol. The molecule has 0 unspecified atom stereocenters. The molecule has 0 aliphatic carbocycles. The van der Waals surface area contributed by atoms with Crippen molar-refractivity contribution in [3.63, 3.8) is 0 Å². The van der Waals surface area contributed by atoms with Crippen molar-refractivity contribution in [3.05, 3.63) is 65.7 Å². The van der Waals surface area contributed by atoms with Crippen molar-refractivity contribution in [1.82, 2.24) is 0 Å². The highest BCUT2D eigenvalue weighted by Crippen LogP contribution is 2.09. The Hall–Kier alpha value is -1.91. The van der Waals surface area contributed by atoms with E-state index >= 15 is 0 Å². The molecule has 0 saturated carbocycles. The van der Waals surface area contributed by atoms with Gasteiger partial charge in [-0.2, -0.15) is 0 Å². The summed E-state index contributed by atoms with van der Waals surface area (Å²) in [6.07, 6.45) is 2.11. The summed E-state index contributed by atoms with van der Waals surface area (Å²) >= 11 is 0. The second-order valence-corrected chi connectivity index (χ2v) is 4.76. The minimum absolute atomic E-state index is 0.160. The lowest BCUT2D eigenvalue weighted by Crippen LogP contribution is -2.29. The number of hydrogen-bond donors (Lipinski definition) is 2. The smallest absolute Gasteiger partial charge is 0.423 e. The van der Waals surface area contributed by atoms with Gasteiger partial charge in [-0.05, 0) is 23.9 Å². The van der Waals surface area contributed by atoms with Gasteiger partial charge in [-0.1, -0.05) is 54.6 Å². The van der Waals surface area contributed by atoms with Crippen LogP contribution in [-0.2, 0) is 6.42 Å². The van der Waals surface area contributed by atoms with Crippen molar-refractivity contribution in [2.24, 2.45) is 0 Å². The Morgan fingerprint density at radius 1 is 0.950 bits per heavy atom. The fraction of sp³-hybridized carbons (Fsp3) is 0.188. The Kier molecular flexibility index (Phi) is 5.10. The minimum atomic E-state index is -1.43. The van der Waals surface area contributed by atoms with Crippen molar-refractivity contribution < 1.29 is 14.8 Å². The van der Waals surface area contributed by atoms with Crippen LogP contribution in [0.5, 0.6) is 0 Å². The molecular formula is C16H17BO3. The van der Waals surface area contributed by atoms with E-state index in [-0.39, 0.29) is 5.78 Å². The molecule has 0 saturated heterocycles. The van der Waals surface area contributed by atoms with E-state index in [0.717, 1.165) is 24.0 Å². The molecule has 2 rings (SSSR count). The van der Waals surface area contributed by atoms with Crippen molar-refractivity contribution >= 4 is 18.4 Å². The van der Waals surface area contributed by atoms with E-state index in [0.29, 0.717) is 11.9 Å². The summed E-state index contributed by atoms with van der Waals surface area (Å²) in [5.41, 5.74) is 2.33. The van der Waals surface area contributed by atoms with E-state index in [4.69, 9.17) is 10.0 Å². The Morgan fingerprint density at radius 3 is 2.20 bits per heavy atom. The zero-order valence-corrected chi connectivity index (χ0v) is 11.2. The molecule has 20 heavy (non-hydrogen) atoms. The van der Waals surface area contributed by atoms with Crippen LogP contribution < -0.4 is 5.46 Å². The lowest BCUT2D eigenvalue weighted by atomic mass is 9.80. The highest BCUT2D eigenvalue weighted by Gasteiger charge is 2.10. The van der Waals surface area contributed by atoms with Crippen LogP contribution in [0.1, 0.15) is 28.8 Å². The molecule has 0 spiro atoms. The zero-order chi connectivity index (χ0) is 14.4. The molecular weight excluding hydrogens is 251 g/mol. The summed E-state index contributed by atoms with van der Waals surface area (Å²) in [6.45, 7) is 0. The first kappa shape index (κ1) is 14.5. The van der Waals surface area contributed by atoms with Gasteiger partial charge >= 0.3 is 7.12 Å². The average Bonchev–Trinajstić information content (AvgIpc) is 2.48. The molecule has 0 aliphatic rings. The number of ketones is 1. The first-order valence-corrected chi connectivity index (χ1v) is 6.70. The maximum atomic E-state index is 11.9. The number of carbonyl (C=O) groups excluding carboxylic acids is 1. The topological polar surface area (TPSA) is 57.5 Å². The van der Waals surface area contributed by atoms with E-state index in [2.05, 4.69) is 0 Å². The van der Waals surface area contributed by atoms with Crippen LogP contribution in [0.2, 0.25) is 0 Å². The van der Waals surface area contributed by atoms with Crippen LogP contribution in [0.3, 0.4) is 0 Å². The van der Waals surface area contributed by atoms with Gasteiger partial charge in [0.1, 0.15) is 0 Å². The molecule has 0 amide bonds. The molecule has 102 valence electrons. The first-order valence-electron chi connectivity index (χ1n) is 6.70. The number of aryl methyl sites for hydroxylation is 1. The molecule has 2 N–H and O–H groups in total. The summed E-state index contributed by atoms with van der Waals surface area (Å²) in [5, 5.41) is 18.0. The number of benzene rings is 2. The number of carbonyl (C=O) groups is 1. The van der Waals surface area contributed by atoms with Crippen molar-refractivity contribution in [2.75, 3.05) is 0 Å². The van der Waals surface area contributed by atoms with Crippen molar-refractivity contribution in [3.8, 4) is 0 Å². The first-order chi connectivity index (χ1) is 9.66. The van der Waals surface area contributed by atoms with Gasteiger partial charge in [0, 0.05) is 12.0 Å². The van der Waals surface area contributed by atoms with Crippen LogP contribution in [0.25, 0.3) is 0 Å². The highest BCUT2D eigenvalue weighted by atomic mass is 16.4. The summed E-state index contributed by atoms with van der Waals surface area (Å²) in [6, 6.07) is 16.4. The Morgan fingerprint density at radius 2 is 1.60 bits per heavy atom. The Labute approximate surface area is 119 Å². The standard InChI is InChI=1S/C16H17BO3/c18-16(14-6-2-1-3-7-14)8-4-5-13-9-11-15(12-10-13)17(19)20/h1-3,6-7,9-12,19-20H,4-5,8H2. The number of Topliss-reactive ketones (excluding diaryl/α,β-unsaturated/α-hetero) is 1. The van der Waals surface area contributed by atoms with Crippen LogP contribution in [0.4, 0.5) is 0 Å². The SMILES string of the molecule is O=C(CCCc1ccc(B(O)O)cc1)c1ccccc1. The highest BCUT2D eigenvalue weighted by molar-refractivity contribution is 6.58. The van der Waals surface area contributed by atoms with Crippen LogP contribution in [-0.4, -0.2) is 22.9 Å². The molecule has 0 atom stereocenters.